The molecule has 2 atom stereocenters. The van der Waals surface area contributed by atoms with Gasteiger partial charge in [-0.25, -0.2) is 0 Å². The number of hydrogen-bond acceptors (Lipinski definition) is 3. The maximum Gasteiger partial charge on any atom is 0.305 e. The lowest BCUT2D eigenvalue weighted by Gasteiger charge is -2.21. The second-order valence-corrected chi connectivity index (χ2v) is 9.09. The number of carbonyl (C=O) groups excluding carboxylic acids is 1. The molecule has 0 N–H and O–H groups in total. The van der Waals surface area contributed by atoms with E-state index in [2.05, 4.69) is 11.7 Å². The first-order valence-corrected chi connectivity index (χ1v) is 12.0. The lowest BCUT2D eigenvalue weighted by molar-refractivity contribution is -0.140. The Morgan fingerprint density at radius 1 is 0.840 bits per heavy atom. The van der Waals surface area contributed by atoms with Crippen molar-refractivity contribution < 1.29 is 14.1 Å². The van der Waals surface area contributed by atoms with Crippen LogP contribution in [0.4, 0.5) is 0 Å². The van der Waals surface area contributed by atoms with Crippen LogP contribution in [0.1, 0.15) is 110 Å². The lowest BCUT2D eigenvalue weighted by Crippen LogP contribution is -2.23. The van der Waals surface area contributed by atoms with Gasteiger partial charge >= 0.3 is 5.97 Å². The predicted molar refractivity (Wildman–Crippen MR) is 109 cm³/mol. The molecule has 0 aromatic carbocycles. The van der Waals surface area contributed by atoms with Crippen molar-refractivity contribution in [3.8, 4) is 0 Å². The normalized spacial score (nSPS) is 13.6. The van der Waals surface area contributed by atoms with E-state index in [0.29, 0.717) is 11.7 Å². The fourth-order valence-electron chi connectivity index (χ4n) is 3.25. The highest BCUT2D eigenvalue weighted by Crippen LogP contribution is 2.20. The van der Waals surface area contributed by atoms with Crippen LogP contribution in [0.25, 0.3) is 0 Å². The van der Waals surface area contributed by atoms with Gasteiger partial charge in [-0.15, -0.1) is 0 Å². The highest BCUT2D eigenvalue weighted by Gasteiger charge is 2.19. The van der Waals surface area contributed by atoms with Gasteiger partial charge in [-0.3, -0.25) is 4.79 Å². The predicted octanol–water partition coefficient (Wildman–Crippen LogP) is 6.17. The minimum Gasteiger partial charge on any atom is -0.616 e. The third-order valence-corrected chi connectivity index (χ3v) is 6.70. The van der Waals surface area contributed by atoms with Gasteiger partial charge in [-0.05, 0) is 39.0 Å². The molecule has 3 nitrogen and oxygen atoms in total. The molecule has 0 spiro atoms. The summed E-state index contributed by atoms with van der Waals surface area (Å²) in [6, 6.07) is 0. The highest BCUT2D eigenvalue weighted by atomic mass is 32.2. The van der Waals surface area contributed by atoms with Gasteiger partial charge in [0.2, 0.25) is 0 Å². The third kappa shape index (κ3) is 15.7. The Kier molecular flexibility index (Phi) is 18.4. The largest absolute Gasteiger partial charge is 0.616 e. The summed E-state index contributed by atoms with van der Waals surface area (Å²) in [5, 5.41) is 0.412. The summed E-state index contributed by atoms with van der Waals surface area (Å²) in [5.74, 6) is 0.702. The topological polar surface area (TPSA) is 49.4 Å². The first-order valence-electron chi connectivity index (χ1n) is 10.6. The Hall–Kier alpha value is -0.220. The van der Waals surface area contributed by atoms with Gasteiger partial charge < -0.3 is 9.29 Å². The van der Waals surface area contributed by atoms with Crippen LogP contribution in [0.15, 0.2) is 0 Å². The zero-order valence-electron chi connectivity index (χ0n) is 17.0. The van der Waals surface area contributed by atoms with Gasteiger partial charge in [0, 0.05) is 6.42 Å². The smallest absolute Gasteiger partial charge is 0.305 e. The molecule has 150 valence electrons. The summed E-state index contributed by atoms with van der Waals surface area (Å²) in [4.78, 5) is 11.0. The zero-order chi connectivity index (χ0) is 18.8. The fourth-order valence-corrected chi connectivity index (χ4v) is 4.58. The summed E-state index contributed by atoms with van der Waals surface area (Å²) >= 11 is -0.642. The molecular weight excluding hydrogens is 332 g/mol. The molecule has 0 fully saturated rings. The second-order valence-electron chi connectivity index (χ2n) is 7.08. The molecule has 0 aliphatic carbocycles. The number of rotatable bonds is 18. The fraction of sp³-hybridized carbons (Fsp3) is 0.952. The number of hydrogen-bond donors (Lipinski definition) is 0. The molecular formula is C21H42O3S. The molecule has 0 saturated carbocycles. The Morgan fingerprint density at radius 3 is 1.80 bits per heavy atom. The van der Waals surface area contributed by atoms with E-state index < -0.39 is 11.2 Å². The molecule has 0 amide bonds. The van der Waals surface area contributed by atoms with Crippen LogP contribution in [0.2, 0.25) is 0 Å². The summed E-state index contributed by atoms with van der Waals surface area (Å²) < 4.78 is 16.9. The molecule has 0 rings (SSSR count). The molecule has 0 radical (unpaired) electrons. The van der Waals surface area contributed by atoms with Gasteiger partial charge in [-0.2, -0.15) is 0 Å². The lowest BCUT2D eigenvalue weighted by atomic mass is 10.0. The van der Waals surface area contributed by atoms with Crippen LogP contribution in [0.5, 0.6) is 0 Å². The van der Waals surface area contributed by atoms with Crippen molar-refractivity contribution >= 4 is 17.1 Å². The van der Waals surface area contributed by atoms with Crippen LogP contribution in [-0.4, -0.2) is 28.6 Å². The van der Waals surface area contributed by atoms with E-state index in [1.807, 2.05) is 6.92 Å². The zero-order valence-corrected chi connectivity index (χ0v) is 17.8. The van der Waals surface area contributed by atoms with E-state index in [1.54, 1.807) is 0 Å². The molecule has 0 aliphatic heterocycles. The van der Waals surface area contributed by atoms with E-state index in [9.17, 15) is 9.35 Å². The Labute approximate surface area is 159 Å². The van der Waals surface area contributed by atoms with Gasteiger partial charge in [0.25, 0.3) is 0 Å². The van der Waals surface area contributed by atoms with Crippen LogP contribution in [0.3, 0.4) is 0 Å². The molecule has 25 heavy (non-hydrogen) atoms. The molecule has 0 bridgehead atoms. The van der Waals surface area contributed by atoms with Crippen molar-refractivity contribution in [2.45, 2.75) is 115 Å². The van der Waals surface area contributed by atoms with Crippen LogP contribution < -0.4 is 0 Å². The van der Waals surface area contributed by atoms with Crippen molar-refractivity contribution in [1.82, 2.24) is 0 Å². The van der Waals surface area contributed by atoms with Gasteiger partial charge in [-0.1, -0.05) is 75.9 Å². The second kappa shape index (κ2) is 18.6. The SMILES string of the molecule is CCCCCCCCC(CCCCCCCCC(=O)OC)[S+]([O-])CC. The average Bonchev–Trinajstić information content (AvgIpc) is 2.63. The number of carbonyl (C=O) groups is 1. The highest BCUT2D eigenvalue weighted by molar-refractivity contribution is 7.91. The van der Waals surface area contributed by atoms with Crippen molar-refractivity contribution in [3.05, 3.63) is 0 Å². The summed E-state index contributed by atoms with van der Waals surface area (Å²) in [6.07, 6.45) is 17.6. The average molecular weight is 375 g/mol. The van der Waals surface area contributed by atoms with Crippen LogP contribution >= 0.6 is 0 Å². The van der Waals surface area contributed by atoms with Crippen molar-refractivity contribution in [2.75, 3.05) is 12.9 Å². The first-order chi connectivity index (χ1) is 12.2. The maximum atomic E-state index is 12.2. The van der Waals surface area contributed by atoms with E-state index in [-0.39, 0.29) is 5.97 Å². The summed E-state index contributed by atoms with van der Waals surface area (Å²) in [5.41, 5.74) is 0. The molecule has 0 heterocycles. The number of methoxy groups -OCH3 is 1. The quantitative estimate of drug-likeness (QED) is 0.164. The molecule has 0 saturated heterocycles. The first kappa shape index (κ1) is 24.8. The summed E-state index contributed by atoms with van der Waals surface area (Å²) in [6.45, 7) is 4.30. The maximum absolute atomic E-state index is 12.2. The van der Waals surface area contributed by atoms with E-state index in [0.717, 1.165) is 31.4 Å². The third-order valence-electron chi connectivity index (χ3n) is 4.92. The van der Waals surface area contributed by atoms with Gasteiger partial charge in [0.15, 0.2) is 0 Å². The van der Waals surface area contributed by atoms with Crippen LogP contribution in [0, 0.1) is 0 Å². The minimum absolute atomic E-state index is 0.0976. The standard InChI is InChI=1S/C21H42O3S/c1-4-6-7-8-11-14-17-20(25(23)5-2)18-15-12-9-10-13-16-19-21(22)24-3/h20H,4-19H2,1-3H3. The number of esters is 1. The number of unbranched alkanes of at least 4 members (excludes halogenated alkanes) is 10. The Morgan fingerprint density at radius 2 is 1.32 bits per heavy atom. The van der Waals surface area contributed by atoms with E-state index in [1.165, 1.54) is 71.3 Å². The minimum atomic E-state index is -0.642. The van der Waals surface area contributed by atoms with Crippen molar-refractivity contribution in [2.24, 2.45) is 0 Å². The monoisotopic (exact) mass is 374 g/mol. The molecule has 0 aliphatic rings. The van der Waals surface area contributed by atoms with E-state index in [4.69, 9.17) is 0 Å². The summed E-state index contributed by atoms with van der Waals surface area (Å²) in [7, 11) is 1.45. The number of ether oxygens (including phenoxy) is 1. The van der Waals surface area contributed by atoms with Gasteiger partial charge in [0.1, 0.15) is 11.0 Å². The van der Waals surface area contributed by atoms with Gasteiger partial charge in [0.05, 0.1) is 7.11 Å². The molecule has 0 aromatic rings. The van der Waals surface area contributed by atoms with Crippen molar-refractivity contribution in [1.29, 1.82) is 0 Å². The van der Waals surface area contributed by atoms with Crippen LogP contribution in [-0.2, 0) is 20.7 Å². The molecule has 0 aromatic heterocycles. The molecule has 2 unspecified atom stereocenters. The van der Waals surface area contributed by atoms with Crippen molar-refractivity contribution in [3.63, 3.8) is 0 Å². The molecule has 4 heteroatoms. The Bertz CT molecular complexity index is 297. The van der Waals surface area contributed by atoms with E-state index >= 15 is 0 Å². The Balaban J connectivity index is 3.66.